The molecule has 160 valence electrons. The number of piperidine rings is 1. The molecular formula is C22H21F2N5O2. The zero-order valence-electron chi connectivity index (χ0n) is 16.7. The summed E-state index contributed by atoms with van der Waals surface area (Å²) in [6, 6.07) is 11.4. The van der Waals surface area contributed by atoms with Gasteiger partial charge in [0.25, 0.3) is 5.91 Å². The summed E-state index contributed by atoms with van der Waals surface area (Å²) in [4.78, 5) is 21.0. The van der Waals surface area contributed by atoms with E-state index in [1.54, 1.807) is 15.9 Å². The lowest BCUT2D eigenvalue weighted by atomic mass is 9.88. The molecular weight excluding hydrogens is 404 g/mol. The van der Waals surface area contributed by atoms with Crippen LogP contribution in [0.4, 0.5) is 14.6 Å². The third-order valence-electron chi connectivity index (χ3n) is 6.76. The molecule has 0 aliphatic carbocycles. The number of halogens is 2. The molecule has 2 aromatic heterocycles. The highest BCUT2D eigenvalue weighted by Crippen LogP contribution is 2.48. The number of alkyl halides is 1. The fourth-order valence-corrected chi connectivity index (χ4v) is 5.24. The van der Waals surface area contributed by atoms with Crippen LogP contribution >= 0.6 is 0 Å². The van der Waals surface area contributed by atoms with Crippen LogP contribution in [0.2, 0.25) is 0 Å². The molecule has 3 aromatic rings. The summed E-state index contributed by atoms with van der Waals surface area (Å²) in [5.74, 6) is -0.255. The van der Waals surface area contributed by atoms with E-state index >= 15 is 4.39 Å². The average molecular weight is 425 g/mol. The van der Waals surface area contributed by atoms with Crippen LogP contribution in [-0.2, 0) is 9.53 Å². The van der Waals surface area contributed by atoms with Crippen molar-refractivity contribution in [2.45, 2.75) is 43.3 Å². The zero-order chi connectivity index (χ0) is 21.2. The summed E-state index contributed by atoms with van der Waals surface area (Å²) in [6.07, 6.45) is 2.38. The van der Waals surface area contributed by atoms with Crippen molar-refractivity contribution in [3.05, 3.63) is 60.2 Å². The van der Waals surface area contributed by atoms with Crippen molar-refractivity contribution >= 4 is 17.4 Å². The van der Waals surface area contributed by atoms with E-state index in [1.165, 1.54) is 10.7 Å². The Labute approximate surface area is 177 Å². The number of amides is 1. The first-order valence-electron chi connectivity index (χ1n) is 10.5. The lowest BCUT2D eigenvalue weighted by Crippen LogP contribution is -2.59. The van der Waals surface area contributed by atoms with Crippen LogP contribution in [-0.4, -0.2) is 56.5 Å². The molecule has 9 heteroatoms. The fraction of sp³-hybridized carbons (Fsp3) is 0.409. The summed E-state index contributed by atoms with van der Waals surface area (Å²) < 4.78 is 37.0. The van der Waals surface area contributed by atoms with Crippen molar-refractivity contribution in [2.24, 2.45) is 0 Å². The number of nitrogens with zero attached hydrogens (tertiary/aromatic N) is 5. The fourth-order valence-electron chi connectivity index (χ4n) is 5.24. The summed E-state index contributed by atoms with van der Waals surface area (Å²) in [6.45, 7) is 0.353. The lowest BCUT2D eigenvalue weighted by Gasteiger charge is -2.40. The van der Waals surface area contributed by atoms with E-state index < -0.39 is 23.8 Å². The summed E-state index contributed by atoms with van der Waals surface area (Å²) in [5.41, 5.74) is -0.324. The van der Waals surface area contributed by atoms with Crippen molar-refractivity contribution < 1.29 is 18.3 Å². The van der Waals surface area contributed by atoms with Crippen LogP contribution in [0.3, 0.4) is 0 Å². The van der Waals surface area contributed by atoms with Gasteiger partial charge < -0.3 is 14.5 Å². The number of carbonyl (C=O) groups excluding carboxylic acids is 1. The smallest absolute Gasteiger partial charge is 0.260 e. The first-order valence-corrected chi connectivity index (χ1v) is 10.5. The third-order valence-corrected chi connectivity index (χ3v) is 6.76. The molecule has 0 radical (unpaired) electrons. The minimum absolute atomic E-state index is 0.0388. The lowest BCUT2D eigenvalue weighted by molar-refractivity contribution is -0.148. The van der Waals surface area contributed by atoms with Gasteiger partial charge in [-0.2, -0.15) is 9.61 Å². The first-order chi connectivity index (χ1) is 15.1. The normalized spacial score (nSPS) is 30.5. The Morgan fingerprint density at radius 2 is 2.00 bits per heavy atom. The predicted molar refractivity (Wildman–Crippen MR) is 108 cm³/mol. The SMILES string of the molecule is O=C1N2[C@@H](CC[C@H]2c2ccccc2)OC12CCN(c1ccnc3c(F)cnn13)CC2F. The quantitative estimate of drug-likeness (QED) is 0.632. The van der Waals surface area contributed by atoms with E-state index in [1.807, 2.05) is 30.3 Å². The number of rotatable bonds is 2. The average Bonchev–Trinajstić information content (AvgIpc) is 3.45. The molecule has 7 nitrogen and oxygen atoms in total. The van der Waals surface area contributed by atoms with Crippen molar-refractivity contribution in [3.63, 3.8) is 0 Å². The van der Waals surface area contributed by atoms with Gasteiger partial charge >= 0.3 is 0 Å². The standard InChI is InChI=1S/C22H21F2N5O2/c23-15-12-26-29-18(8-10-25-20(15)29)27-11-9-22(17(24)13-27)21(30)28-16(6-7-19(28)31-22)14-4-2-1-3-5-14/h1-5,8,10,12,16-17,19H,6-7,9,11,13H2/t16-,17?,19+,22?/m0/s1. The van der Waals surface area contributed by atoms with Gasteiger partial charge in [-0.05, 0) is 24.5 Å². The third kappa shape index (κ3) is 2.62. The van der Waals surface area contributed by atoms with E-state index in [-0.39, 0.29) is 30.6 Å². The topological polar surface area (TPSA) is 63.0 Å². The molecule has 1 amide bonds. The van der Waals surface area contributed by atoms with Crippen molar-refractivity contribution in [1.29, 1.82) is 0 Å². The Hall–Kier alpha value is -3.07. The van der Waals surface area contributed by atoms with Gasteiger partial charge in [-0.1, -0.05) is 30.3 Å². The monoisotopic (exact) mass is 425 g/mol. The Balaban J connectivity index is 1.27. The van der Waals surface area contributed by atoms with E-state index in [4.69, 9.17) is 4.74 Å². The van der Waals surface area contributed by atoms with Crippen LogP contribution in [0.15, 0.2) is 48.8 Å². The van der Waals surface area contributed by atoms with Crippen molar-refractivity contribution in [2.75, 3.05) is 18.0 Å². The van der Waals surface area contributed by atoms with Crippen LogP contribution in [0, 0.1) is 5.82 Å². The van der Waals surface area contributed by atoms with E-state index in [2.05, 4.69) is 10.1 Å². The molecule has 0 N–H and O–H groups in total. The van der Waals surface area contributed by atoms with Gasteiger partial charge in [-0.3, -0.25) is 4.79 Å². The van der Waals surface area contributed by atoms with Crippen LogP contribution in [0.25, 0.3) is 5.65 Å². The summed E-state index contributed by atoms with van der Waals surface area (Å²) >= 11 is 0. The highest BCUT2D eigenvalue weighted by atomic mass is 19.1. The molecule has 3 aliphatic heterocycles. The highest BCUT2D eigenvalue weighted by molar-refractivity contribution is 5.89. The molecule has 1 aromatic carbocycles. The molecule has 6 rings (SSSR count). The van der Waals surface area contributed by atoms with Crippen LogP contribution in [0.5, 0.6) is 0 Å². The number of fused-ring (bicyclic) bond motifs is 2. The van der Waals surface area contributed by atoms with Gasteiger partial charge in [-0.25, -0.2) is 13.8 Å². The maximum absolute atomic E-state index is 15.6. The summed E-state index contributed by atoms with van der Waals surface area (Å²) in [7, 11) is 0. The molecule has 0 bridgehead atoms. The molecule has 4 atom stereocenters. The maximum Gasteiger partial charge on any atom is 0.260 e. The largest absolute Gasteiger partial charge is 0.353 e. The molecule has 3 saturated heterocycles. The first kappa shape index (κ1) is 18.7. The molecule has 3 aliphatic rings. The van der Waals surface area contributed by atoms with Gasteiger partial charge in [0, 0.05) is 19.2 Å². The minimum atomic E-state index is -1.51. The minimum Gasteiger partial charge on any atom is -0.353 e. The van der Waals surface area contributed by atoms with E-state index in [0.29, 0.717) is 18.8 Å². The number of anilines is 1. The van der Waals surface area contributed by atoms with Gasteiger partial charge in [0.2, 0.25) is 0 Å². The van der Waals surface area contributed by atoms with E-state index in [0.717, 1.165) is 18.2 Å². The molecule has 1 spiro atoms. The van der Waals surface area contributed by atoms with Gasteiger partial charge in [-0.15, -0.1) is 0 Å². The summed E-state index contributed by atoms with van der Waals surface area (Å²) in [5, 5.41) is 4.02. The second kappa shape index (κ2) is 6.71. The number of carbonyl (C=O) groups is 1. The molecule has 5 heterocycles. The number of hydrogen-bond acceptors (Lipinski definition) is 5. The van der Waals surface area contributed by atoms with Gasteiger partial charge in [0.05, 0.1) is 18.8 Å². The van der Waals surface area contributed by atoms with Crippen LogP contribution in [0.1, 0.15) is 30.9 Å². The Kier molecular flexibility index (Phi) is 4.05. The zero-order valence-corrected chi connectivity index (χ0v) is 16.7. The Morgan fingerprint density at radius 3 is 2.81 bits per heavy atom. The van der Waals surface area contributed by atoms with E-state index in [9.17, 15) is 9.18 Å². The second-order valence-corrected chi connectivity index (χ2v) is 8.37. The van der Waals surface area contributed by atoms with Crippen LogP contribution < -0.4 is 4.90 Å². The number of aromatic nitrogens is 3. The second-order valence-electron chi connectivity index (χ2n) is 8.37. The Bertz CT molecular complexity index is 1160. The van der Waals surface area contributed by atoms with Crippen molar-refractivity contribution in [3.8, 4) is 0 Å². The number of hydrogen-bond donors (Lipinski definition) is 0. The highest BCUT2D eigenvalue weighted by Gasteiger charge is 2.62. The van der Waals surface area contributed by atoms with Crippen molar-refractivity contribution in [1.82, 2.24) is 19.5 Å². The molecule has 2 unspecified atom stereocenters. The predicted octanol–water partition coefficient (Wildman–Crippen LogP) is 2.88. The Morgan fingerprint density at radius 1 is 1.16 bits per heavy atom. The maximum atomic E-state index is 15.6. The molecule has 3 fully saturated rings. The number of benzene rings is 1. The number of ether oxygens (including phenoxy) is 1. The van der Waals surface area contributed by atoms with Gasteiger partial charge in [0.15, 0.2) is 23.2 Å². The molecule has 0 saturated carbocycles. The molecule has 31 heavy (non-hydrogen) atoms. The van der Waals surface area contributed by atoms with Gasteiger partial charge in [0.1, 0.15) is 12.0 Å².